The van der Waals surface area contributed by atoms with Gasteiger partial charge in [0.25, 0.3) is 0 Å². The van der Waals surface area contributed by atoms with Gasteiger partial charge in [-0.1, -0.05) is 115 Å². The first-order chi connectivity index (χ1) is 20.3. The molecule has 0 saturated carbocycles. The van der Waals surface area contributed by atoms with E-state index >= 15 is 0 Å². The third-order valence-electron chi connectivity index (χ3n) is 7.35. The lowest BCUT2D eigenvalue weighted by Gasteiger charge is -2.10. The molecule has 0 spiro atoms. The van der Waals surface area contributed by atoms with Crippen LogP contribution >= 0.6 is 0 Å². The van der Waals surface area contributed by atoms with Crippen molar-refractivity contribution in [2.75, 3.05) is 0 Å². The summed E-state index contributed by atoms with van der Waals surface area (Å²) in [4.78, 5) is 19.7. The maximum absolute atomic E-state index is 6.23. The van der Waals surface area contributed by atoms with Crippen LogP contribution in [-0.2, 0) is 0 Å². The van der Waals surface area contributed by atoms with Crippen LogP contribution in [0, 0.1) is 0 Å². The minimum atomic E-state index is 0.586. The summed E-state index contributed by atoms with van der Waals surface area (Å²) in [7, 11) is 0. The molecule has 0 saturated heterocycles. The molecule has 3 aromatic heterocycles. The van der Waals surface area contributed by atoms with E-state index < -0.39 is 0 Å². The van der Waals surface area contributed by atoms with E-state index in [-0.39, 0.29) is 0 Å². The fraction of sp³-hybridized carbons (Fsp3) is 0. The molecule has 8 aromatic rings. The maximum atomic E-state index is 6.23. The quantitative estimate of drug-likeness (QED) is 0.229. The Morgan fingerprint density at radius 1 is 0.439 bits per heavy atom. The van der Waals surface area contributed by atoms with Crippen LogP contribution in [0.1, 0.15) is 0 Å². The monoisotopic (exact) mass is 526 g/mol. The molecule has 0 atom stereocenters. The minimum Gasteiger partial charge on any atom is -0.438 e. The van der Waals surface area contributed by atoms with Gasteiger partial charge >= 0.3 is 0 Å². The van der Waals surface area contributed by atoms with Crippen molar-refractivity contribution in [3.63, 3.8) is 0 Å². The second kappa shape index (κ2) is 9.50. The van der Waals surface area contributed by atoms with E-state index in [0.29, 0.717) is 23.2 Å². The molecule has 5 aromatic carbocycles. The van der Waals surface area contributed by atoms with Gasteiger partial charge in [0.2, 0.25) is 5.71 Å². The van der Waals surface area contributed by atoms with Crippen molar-refractivity contribution in [3.05, 3.63) is 133 Å². The van der Waals surface area contributed by atoms with Crippen LogP contribution < -0.4 is 0 Å². The number of fused-ring (bicyclic) bond motifs is 4. The van der Waals surface area contributed by atoms with Gasteiger partial charge < -0.3 is 4.42 Å². The van der Waals surface area contributed by atoms with Crippen LogP contribution in [0.15, 0.2) is 138 Å². The smallest absolute Gasteiger partial charge is 0.227 e. The molecule has 0 aliphatic carbocycles. The van der Waals surface area contributed by atoms with Crippen molar-refractivity contribution in [2.45, 2.75) is 0 Å². The number of pyridine rings is 1. The van der Waals surface area contributed by atoms with E-state index in [1.54, 1.807) is 0 Å². The van der Waals surface area contributed by atoms with Crippen LogP contribution in [0.2, 0.25) is 0 Å². The third-order valence-corrected chi connectivity index (χ3v) is 7.35. The average molecular weight is 527 g/mol. The van der Waals surface area contributed by atoms with E-state index in [9.17, 15) is 0 Å². The zero-order valence-corrected chi connectivity index (χ0v) is 21.9. The highest BCUT2D eigenvalue weighted by Crippen LogP contribution is 2.37. The zero-order valence-electron chi connectivity index (χ0n) is 21.9. The second-order valence-electron chi connectivity index (χ2n) is 9.93. The summed E-state index contributed by atoms with van der Waals surface area (Å²) in [5, 5.41) is 2.93. The van der Waals surface area contributed by atoms with Gasteiger partial charge in [0, 0.05) is 32.8 Å². The summed E-state index contributed by atoms with van der Waals surface area (Å²) >= 11 is 0. The molecule has 0 fully saturated rings. The molecule has 0 unspecified atom stereocenters. The third kappa shape index (κ3) is 4.12. The number of hydrogen-bond acceptors (Lipinski definition) is 5. The Morgan fingerprint density at radius 3 is 1.78 bits per heavy atom. The Hall–Kier alpha value is -5.68. The number of furan rings is 1. The van der Waals surface area contributed by atoms with Crippen LogP contribution in [0.25, 0.3) is 78.3 Å². The largest absolute Gasteiger partial charge is 0.438 e. The van der Waals surface area contributed by atoms with E-state index in [2.05, 4.69) is 48.5 Å². The second-order valence-corrected chi connectivity index (χ2v) is 9.93. The first-order valence-corrected chi connectivity index (χ1v) is 13.5. The number of para-hydroxylation sites is 1. The first-order valence-electron chi connectivity index (χ1n) is 13.5. The van der Waals surface area contributed by atoms with Crippen molar-refractivity contribution < 1.29 is 4.42 Å². The highest BCUT2D eigenvalue weighted by atomic mass is 16.3. The van der Waals surface area contributed by atoms with Gasteiger partial charge in [0.05, 0.1) is 5.52 Å². The fourth-order valence-electron chi connectivity index (χ4n) is 5.32. The van der Waals surface area contributed by atoms with Crippen molar-refractivity contribution in [2.24, 2.45) is 0 Å². The van der Waals surface area contributed by atoms with Gasteiger partial charge in [-0.05, 0) is 29.3 Å². The number of aromatic nitrogens is 4. The van der Waals surface area contributed by atoms with Crippen LogP contribution in [0.3, 0.4) is 0 Å². The molecule has 41 heavy (non-hydrogen) atoms. The molecule has 8 rings (SSSR count). The topological polar surface area (TPSA) is 64.7 Å². The normalized spacial score (nSPS) is 11.4. The Kier molecular flexibility index (Phi) is 5.38. The Labute approximate surface area is 235 Å². The zero-order chi connectivity index (χ0) is 27.2. The van der Waals surface area contributed by atoms with Gasteiger partial charge in [-0.25, -0.2) is 19.9 Å². The van der Waals surface area contributed by atoms with Gasteiger partial charge in [-0.3, -0.25) is 0 Å². The molecular formula is C36H22N4O. The van der Waals surface area contributed by atoms with Crippen LogP contribution in [-0.4, -0.2) is 19.9 Å². The number of rotatable bonds is 4. The predicted molar refractivity (Wildman–Crippen MR) is 164 cm³/mol. The van der Waals surface area contributed by atoms with Gasteiger partial charge in [0.1, 0.15) is 5.58 Å². The van der Waals surface area contributed by atoms with Crippen molar-refractivity contribution in [1.29, 1.82) is 0 Å². The molecule has 192 valence electrons. The summed E-state index contributed by atoms with van der Waals surface area (Å²) in [5.74, 6) is 1.82. The SMILES string of the molecule is c1ccc(-c2ccc(-c3nc(-c4ccccc4)nc(-c4cccc5oc6nc7ccccc7cc6c45)n3)cc2)cc1. The molecule has 0 bridgehead atoms. The predicted octanol–water partition coefficient (Wildman–Crippen LogP) is 8.99. The Morgan fingerprint density at radius 2 is 1.02 bits per heavy atom. The standard InChI is InChI=1S/C36H22N4O/c1-3-10-23(11-4-1)24-18-20-26(21-19-24)34-38-33(25-12-5-2-6-13-25)39-35(40-34)28-15-9-17-31-32(28)29-22-27-14-7-8-16-30(27)37-36(29)41-31/h1-22H. The molecule has 3 heterocycles. The number of nitrogens with zero attached hydrogens (tertiary/aromatic N) is 4. The molecule has 5 nitrogen and oxygen atoms in total. The van der Waals surface area contributed by atoms with Crippen molar-refractivity contribution in [3.8, 4) is 45.3 Å². The summed E-state index contributed by atoms with van der Waals surface area (Å²) in [6.07, 6.45) is 0. The lowest BCUT2D eigenvalue weighted by Crippen LogP contribution is -2.00. The minimum absolute atomic E-state index is 0.586. The maximum Gasteiger partial charge on any atom is 0.227 e. The summed E-state index contributed by atoms with van der Waals surface area (Å²) in [5.41, 5.74) is 7.27. The van der Waals surface area contributed by atoms with Gasteiger partial charge in [0.15, 0.2) is 17.5 Å². The number of benzene rings is 5. The summed E-state index contributed by atoms with van der Waals surface area (Å²) in [6.45, 7) is 0. The highest BCUT2D eigenvalue weighted by molar-refractivity contribution is 6.13. The molecule has 0 N–H and O–H groups in total. The van der Waals surface area contributed by atoms with Crippen LogP contribution in [0.4, 0.5) is 0 Å². The lowest BCUT2D eigenvalue weighted by molar-refractivity contribution is 0.656. The van der Waals surface area contributed by atoms with Crippen LogP contribution in [0.5, 0.6) is 0 Å². The van der Waals surface area contributed by atoms with Gasteiger partial charge in [-0.2, -0.15) is 0 Å². The molecule has 5 heteroatoms. The molecule has 0 radical (unpaired) electrons. The van der Waals surface area contributed by atoms with Crippen molar-refractivity contribution >= 4 is 33.0 Å². The molecule has 0 aliphatic heterocycles. The first kappa shape index (κ1) is 23.2. The van der Waals surface area contributed by atoms with E-state index in [1.807, 2.05) is 84.9 Å². The Balaban J connectivity index is 1.34. The van der Waals surface area contributed by atoms with E-state index in [4.69, 9.17) is 24.4 Å². The summed E-state index contributed by atoms with van der Waals surface area (Å²) < 4.78 is 6.23. The van der Waals surface area contributed by atoms with E-state index in [0.717, 1.165) is 49.5 Å². The summed E-state index contributed by atoms with van der Waals surface area (Å²) in [6, 6.07) is 44.9. The Bertz CT molecular complexity index is 2190. The van der Waals surface area contributed by atoms with E-state index in [1.165, 1.54) is 5.56 Å². The lowest BCUT2D eigenvalue weighted by atomic mass is 10.0. The highest BCUT2D eigenvalue weighted by Gasteiger charge is 2.18. The molecule has 0 amide bonds. The number of hydrogen-bond donors (Lipinski definition) is 0. The fourth-order valence-corrected chi connectivity index (χ4v) is 5.32. The average Bonchev–Trinajstić information content (AvgIpc) is 3.42. The molecular weight excluding hydrogens is 504 g/mol. The van der Waals surface area contributed by atoms with Crippen molar-refractivity contribution in [1.82, 2.24) is 19.9 Å². The molecule has 0 aliphatic rings. The van der Waals surface area contributed by atoms with Gasteiger partial charge in [-0.15, -0.1) is 0 Å².